The van der Waals surface area contributed by atoms with Crippen LogP contribution in [0, 0.1) is 5.92 Å². The van der Waals surface area contributed by atoms with Crippen molar-refractivity contribution in [3.8, 4) is 0 Å². The Morgan fingerprint density at radius 1 is 1.33 bits per heavy atom. The van der Waals surface area contributed by atoms with Crippen molar-refractivity contribution in [2.45, 2.75) is 45.1 Å². The highest BCUT2D eigenvalue weighted by Crippen LogP contribution is 2.26. The van der Waals surface area contributed by atoms with E-state index in [1.807, 2.05) is 0 Å². The summed E-state index contributed by atoms with van der Waals surface area (Å²) in [4.78, 5) is 2.46. The molecule has 0 saturated carbocycles. The Bertz CT molecular complexity index is 174. The maximum absolute atomic E-state index is 10.3. The van der Waals surface area contributed by atoms with Gasteiger partial charge in [-0.3, -0.25) is 0 Å². The highest BCUT2D eigenvalue weighted by Gasteiger charge is 2.31. The summed E-state index contributed by atoms with van der Waals surface area (Å²) < 4.78 is 0. The quantitative estimate of drug-likeness (QED) is 0.723. The van der Waals surface area contributed by atoms with Crippen molar-refractivity contribution in [2.75, 3.05) is 26.2 Å². The van der Waals surface area contributed by atoms with Crippen LogP contribution in [0.25, 0.3) is 0 Å². The summed E-state index contributed by atoms with van der Waals surface area (Å²) in [5, 5.41) is 10.3. The Labute approximate surface area is 93.6 Å². The molecule has 0 aromatic rings. The fourth-order valence-electron chi connectivity index (χ4n) is 2.35. The van der Waals surface area contributed by atoms with Crippen molar-refractivity contribution >= 4 is 0 Å². The van der Waals surface area contributed by atoms with Crippen molar-refractivity contribution < 1.29 is 5.11 Å². The number of hydrogen-bond acceptors (Lipinski definition) is 3. The highest BCUT2D eigenvalue weighted by molar-refractivity contribution is 4.85. The lowest BCUT2D eigenvalue weighted by Gasteiger charge is -2.39. The van der Waals surface area contributed by atoms with Crippen LogP contribution in [0.5, 0.6) is 0 Å². The van der Waals surface area contributed by atoms with Gasteiger partial charge in [0, 0.05) is 19.6 Å². The minimum atomic E-state index is -0.424. The third-order valence-corrected chi connectivity index (χ3v) is 3.26. The first-order chi connectivity index (χ1) is 7.06. The minimum Gasteiger partial charge on any atom is -0.390 e. The molecule has 0 unspecified atom stereocenters. The predicted octanol–water partition coefficient (Wildman–Crippen LogP) is 1.21. The number of nitrogens with zero attached hydrogens (tertiary/aromatic N) is 1. The maximum Gasteiger partial charge on any atom is 0.0672 e. The zero-order chi connectivity index (χ0) is 11.3. The van der Waals surface area contributed by atoms with E-state index in [4.69, 9.17) is 5.73 Å². The van der Waals surface area contributed by atoms with Gasteiger partial charge in [0.25, 0.3) is 0 Å². The van der Waals surface area contributed by atoms with Crippen molar-refractivity contribution in [3.63, 3.8) is 0 Å². The van der Waals surface area contributed by atoms with Gasteiger partial charge in [0.15, 0.2) is 0 Å². The fourth-order valence-corrected chi connectivity index (χ4v) is 2.35. The highest BCUT2D eigenvalue weighted by atomic mass is 16.3. The molecule has 3 N–H and O–H groups in total. The Morgan fingerprint density at radius 2 is 1.93 bits per heavy atom. The van der Waals surface area contributed by atoms with Gasteiger partial charge in [-0.15, -0.1) is 0 Å². The lowest BCUT2D eigenvalue weighted by atomic mass is 9.87. The largest absolute Gasteiger partial charge is 0.390 e. The van der Waals surface area contributed by atoms with E-state index in [-0.39, 0.29) is 0 Å². The van der Waals surface area contributed by atoms with Gasteiger partial charge >= 0.3 is 0 Å². The molecular weight excluding hydrogens is 188 g/mol. The summed E-state index contributed by atoms with van der Waals surface area (Å²) in [6.07, 6.45) is 3.65. The Balaban J connectivity index is 2.27. The molecule has 0 aliphatic carbocycles. The zero-order valence-electron chi connectivity index (χ0n) is 10.2. The van der Waals surface area contributed by atoms with E-state index in [9.17, 15) is 5.11 Å². The van der Waals surface area contributed by atoms with Crippen LogP contribution in [0.15, 0.2) is 0 Å². The number of hydrogen-bond donors (Lipinski definition) is 2. The van der Waals surface area contributed by atoms with Crippen LogP contribution in [-0.4, -0.2) is 41.8 Å². The Kier molecular flexibility index (Phi) is 5.03. The van der Waals surface area contributed by atoms with Gasteiger partial charge < -0.3 is 15.7 Å². The number of piperidine rings is 1. The van der Waals surface area contributed by atoms with Crippen molar-refractivity contribution in [1.82, 2.24) is 4.90 Å². The van der Waals surface area contributed by atoms with Crippen LogP contribution in [0.1, 0.15) is 39.5 Å². The molecule has 0 amide bonds. The van der Waals surface area contributed by atoms with Gasteiger partial charge in [-0.25, -0.2) is 0 Å². The third kappa shape index (κ3) is 4.49. The van der Waals surface area contributed by atoms with E-state index >= 15 is 0 Å². The lowest BCUT2D eigenvalue weighted by Crippen LogP contribution is -2.45. The van der Waals surface area contributed by atoms with Gasteiger partial charge in [0.1, 0.15) is 0 Å². The van der Waals surface area contributed by atoms with Gasteiger partial charge in [-0.05, 0) is 38.1 Å². The van der Waals surface area contributed by atoms with Crippen molar-refractivity contribution in [3.05, 3.63) is 0 Å². The Morgan fingerprint density at radius 3 is 2.40 bits per heavy atom. The average molecular weight is 214 g/mol. The average Bonchev–Trinajstić information content (AvgIpc) is 2.19. The first-order valence-corrected chi connectivity index (χ1v) is 6.20. The molecule has 90 valence electrons. The van der Waals surface area contributed by atoms with Gasteiger partial charge in [-0.1, -0.05) is 13.8 Å². The van der Waals surface area contributed by atoms with E-state index < -0.39 is 5.60 Å². The molecule has 15 heavy (non-hydrogen) atoms. The summed E-state index contributed by atoms with van der Waals surface area (Å²) in [5.41, 5.74) is 5.05. The molecule has 1 aliphatic rings. The van der Waals surface area contributed by atoms with Gasteiger partial charge in [0.2, 0.25) is 0 Å². The van der Waals surface area contributed by atoms with Crippen molar-refractivity contribution in [1.29, 1.82) is 0 Å². The zero-order valence-corrected chi connectivity index (χ0v) is 10.2. The topological polar surface area (TPSA) is 49.5 Å². The standard InChI is InChI=1S/C12H26N2O/c1-11(2)10-14-8-5-12(15,6-9-14)4-3-7-13/h11,15H,3-10,13H2,1-2H3. The molecule has 1 heterocycles. The second kappa shape index (κ2) is 5.83. The number of rotatable bonds is 5. The first kappa shape index (κ1) is 12.9. The van der Waals surface area contributed by atoms with E-state index in [0.717, 1.165) is 51.2 Å². The molecular formula is C12H26N2O. The molecule has 1 rings (SSSR count). The van der Waals surface area contributed by atoms with Crippen molar-refractivity contribution in [2.24, 2.45) is 11.7 Å². The van der Waals surface area contributed by atoms with Gasteiger partial charge in [-0.2, -0.15) is 0 Å². The summed E-state index contributed by atoms with van der Waals surface area (Å²) in [6, 6.07) is 0. The van der Waals surface area contributed by atoms with E-state index in [2.05, 4.69) is 18.7 Å². The predicted molar refractivity (Wildman–Crippen MR) is 63.8 cm³/mol. The van der Waals surface area contributed by atoms with Crippen LogP contribution < -0.4 is 5.73 Å². The summed E-state index contributed by atoms with van der Waals surface area (Å²) in [5.74, 6) is 0.722. The fraction of sp³-hybridized carbons (Fsp3) is 1.00. The lowest BCUT2D eigenvalue weighted by molar-refractivity contribution is -0.0303. The molecule has 0 bridgehead atoms. The van der Waals surface area contributed by atoms with Crippen LogP contribution >= 0.6 is 0 Å². The SMILES string of the molecule is CC(C)CN1CCC(O)(CCCN)CC1. The first-order valence-electron chi connectivity index (χ1n) is 6.20. The van der Waals surface area contributed by atoms with E-state index in [1.165, 1.54) is 0 Å². The van der Waals surface area contributed by atoms with Gasteiger partial charge in [0.05, 0.1) is 5.60 Å². The van der Waals surface area contributed by atoms with E-state index in [1.54, 1.807) is 0 Å². The normalized spacial score (nSPS) is 22.2. The smallest absolute Gasteiger partial charge is 0.0672 e. The molecule has 0 spiro atoms. The van der Waals surface area contributed by atoms with Crippen LogP contribution in [-0.2, 0) is 0 Å². The van der Waals surface area contributed by atoms with Crippen LogP contribution in [0.2, 0.25) is 0 Å². The molecule has 0 atom stereocenters. The third-order valence-electron chi connectivity index (χ3n) is 3.26. The number of aliphatic hydroxyl groups is 1. The molecule has 0 aromatic heterocycles. The van der Waals surface area contributed by atoms with Crippen LogP contribution in [0.4, 0.5) is 0 Å². The molecule has 0 radical (unpaired) electrons. The Hall–Kier alpha value is -0.120. The second-order valence-corrected chi connectivity index (χ2v) is 5.31. The monoisotopic (exact) mass is 214 g/mol. The summed E-state index contributed by atoms with van der Waals surface area (Å²) in [6.45, 7) is 8.42. The molecule has 1 saturated heterocycles. The van der Waals surface area contributed by atoms with E-state index in [0.29, 0.717) is 6.54 Å². The molecule has 1 aliphatic heterocycles. The number of nitrogens with two attached hydrogens (primary N) is 1. The second-order valence-electron chi connectivity index (χ2n) is 5.31. The summed E-state index contributed by atoms with van der Waals surface area (Å²) >= 11 is 0. The molecule has 3 heteroatoms. The maximum atomic E-state index is 10.3. The van der Waals surface area contributed by atoms with Crippen LogP contribution in [0.3, 0.4) is 0 Å². The number of likely N-dealkylation sites (tertiary alicyclic amines) is 1. The molecule has 1 fully saturated rings. The minimum absolute atomic E-state index is 0.424. The molecule has 3 nitrogen and oxygen atoms in total. The summed E-state index contributed by atoms with van der Waals surface area (Å²) in [7, 11) is 0. The molecule has 0 aromatic carbocycles.